The number of rotatable bonds is 5. The van der Waals surface area contributed by atoms with Gasteiger partial charge in [-0.3, -0.25) is 4.79 Å². The molecule has 27 heavy (non-hydrogen) atoms. The number of carbonyl (C=O) groups is 1. The van der Waals surface area contributed by atoms with E-state index in [0.717, 1.165) is 22.3 Å². The van der Waals surface area contributed by atoms with Gasteiger partial charge in [0.1, 0.15) is 17.9 Å². The van der Waals surface area contributed by atoms with Crippen LogP contribution in [0.15, 0.2) is 48.8 Å². The van der Waals surface area contributed by atoms with Crippen LogP contribution in [0.3, 0.4) is 0 Å². The van der Waals surface area contributed by atoms with Gasteiger partial charge >= 0.3 is 0 Å². The largest absolute Gasteiger partial charge is 0.497 e. The van der Waals surface area contributed by atoms with Crippen molar-refractivity contribution in [1.29, 1.82) is 0 Å². The van der Waals surface area contributed by atoms with E-state index >= 15 is 0 Å². The molecule has 0 fully saturated rings. The highest BCUT2D eigenvalue weighted by atomic mass is 16.5. The predicted octanol–water partition coefficient (Wildman–Crippen LogP) is 2.71. The first-order chi connectivity index (χ1) is 13.2. The molecule has 1 amide bonds. The molecule has 1 heterocycles. The van der Waals surface area contributed by atoms with E-state index in [9.17, 15) is 4.79 Å². The number of methoxy groups -OCH3 is 1. The van der Waals surface area contributed by atoms with Crippen LogP contribution >= 0.6 is 0 Å². The van der Waals surface area contributed by atoms with Crippen molar-refractivity contribution in [3.63, 3.8) is 0 Å². The molecule has 2 aromatic carbocycles. The molecule has 0 aliphatic rings. The van der Waals surface area contributed by atoms with Gasteiger partial charge in [-0.1, -0.05) is 5.92 Å². The fourth-order valence-electron chi connectivity index (χ4n) is 2.41. The van der Waals surface area contributed by atoms with E-state index in [1.807, 2.05) is 24.3 Å². The number of aromatic nitrogens is 2. The summed E-state index contributed by atoms with van der Waals surface area (Å²) >= 11 is 0. The third-order valence-corrected chi connectivity index (χ3v) is 3.68. The molecule has 0 atom stereocenters. The summed E-state index contributed by atoms with van der Waals surface area (Å²) in [6.45, 7) is -0.0754. The Labute approximate surface area is 156 Å². The molecule has 3 rings (SSSR count). The van der Waals surface area contributed by atoms with E-state index in [-0.39, 0.29) is 13.0 Å². The number of ether oxygens (including phenoxy) is 1. The minimum absolute atomic E-state index is 0.0754. The lowest BCUT2D eigenvalue weighted by Crippen LogP contribution is -2.08. The van der Waals surface area contributed by atoms with Crippen molar-refractivity contribution >= 4 is 34.0 Å². The average Bonchev–Trinajstić information content (AvgIpc) is 2.69. The van der Waals surface area contributed by atoms with Crippen molar-refractivity contribution in [2.75, 3.05) is 24.4 Å². The normalized spacial score (nSPS) is 10.0. The first kappa shape index (κ1) is 18.2. The van der Waals surface area contributed by atoms with Gasteiger partial charge in [0, 0.05) is 23.2 Å². The first-order valence-corrected chi connectivity index (χ1v) is 8.26. The summed E-state index contributed by atoms with van der Waals surface area (Å²) in [4.78, 5) is 20.4. The van der Waals surface area contributed by atoms with E-state index in [1.165, 1.54) is 6.33 Å². The van der Waals surface area contributed by atoms with Gasteiger partial charge in [0.25, 0.3) is 5.91 Å². The monoisotopic (exact) mass is 362 g/mol. The molecule has 0 saturated carbocycles. The molecule has 0 bridgehead atoms. The Morgan fingerprint density at radius 2 is 1.93 bits per heavy atom. The average molecular weight is 362 g/mol. The van der Waals surface area contributed by atoms with E-state index in [4.69, 9.17) is 9.84 Å². The second-order valence-electron chi connectivity index (χ2n) is 5.54. The number of amides is 1. The maximum Gasteiger partial charge on any atom is 0.300 e. The molecule has 3 aromatic rings. The van der Waals surface area contributed by atoms with E-state index < -0.39 is 5.91 Å². The molecule has 0 radical (unpaired) electrons. The molecular weight excluding hydrogens is 344 g/mol. The highest BCUT2D eigenvalue weighted by Gasteiger charge is 2.07. The number of fused-ring (bicyclic) bond motifs is 1. The minimum Gasteiger partial charge on any atom is -0.497 e. The van der Waals surface area contributed by atoms with Crippen molar-refractivity contribution in [1.82, 2.24) is 9.97 Å². The number of carbonyl (C=O) groups excluding carboxylic acids is 1. The summed E-state index contributed by atoms with van der Waals surface area (Å²) < 4.78 is 5.16. The van der Waals surface area contributed by atoms with Crippen LogP contribution in [0.4, 0.5) is 17.2 Å². The van der Waals surface area contributed by atoms with Crippen LogP contribution in [-0.2, 0) is 4.79 Å². The Morgan fingerprint density at radius 3 is 2.67 bits per heavy atom. The van der Waals surface area contributed by atoms with Crippen LogP contribution in [0.2, 0.25) is 0 Å². The molecule has 1 aromatic heterocycles. The second-order valence-corrected chi connectivity index (χ2v) is 5.54. The van der Waals surface area contributed by atoms with Crippen LogP contribution in [0.1, 0.15) is 6.42 Å². The van der Waals surface area contributed by atoms with Crippen molar-refractivity contribution in [3.05, 3.63) is 48.8 Å². The van der Waals surface area contributed by atoms with Gasteiger partial charge in [-0.25, -0.2) is 9.97 Å². The zero-order chi connectivity index (χ0) is 19.1. The Morgan fingerprint density at radius 1 is 1.15 bits per heavy atom. The number of anilines is 3. The Balaban J connectivity index is 1.85. The molecule has 0 saturated heterocycles. The second kappa shape index (κ2) is 8.65. The van der Waals surface area contributed by atoms with Gasteiger partial charge in [-0.15, -0.1) is 0 Å². The Hall–Kier alpha value is -3.63. The van der Waals surface area contributed by atoms with E-state index in [1.54, 1.807) is 25.3 Å². The lowest BCUT2D eigenvalue weighted by Gasteiger charge is -2.10. The third kappa shape index (κ3) is 4.71. The minimum atomic E-state index is -0.440. The molecule has 136 valence electrons. The lowest BCUT2D eigenvalue weighted by atomic mass is 10.2. The summed E-state index contributed by atoms with van der Waals surface area (Å²) in [6, 6.07) is 12.8. The molecule has 0 spiro atoms. The number of hydrogen-bond acceptors (Lipinski definition) is 6. The highest BCUT2D eigenvalue weighted by Crippen LogP contribution is 2.26. The topological polar surface area (TPSA) is 96.4 Å². The molecule has 7 heteroatoms. The van der Waals surface area contributed by atoms with Crippen LogP contribution in [0.25, 0.3) is 10.9 Å². The number of hydrogen-bond donors (Lipinski definition) is 3. The summed E-state index contributed by atoms with van der Waals surface area (Å²) in [7, 11) is 1.62. The number of nitrogens with zero attached hydrogens (tertiary/aromatic N) is 2. The maximum absolute atomic E-state index is 11.8. The van der Waals surface area contributed by atoms with Crippen molar-refractivity contribution < 1.29 is 14.6 Å². The molecule has 7 nitrogen and oxygen atoms in total. The number of benzene rings is 2. The standard InChI is InChI=1S/C20H18N4O3/c1-27-16-8-5-14(6-9-16)24-20-17-12-15(7-10-18(17)21-13-22-20)23-19(26)4-2-3-11-25/h5-10,12-13,25H,3,11H2,1H3,(H,23,26)(H,21,22,24). The number of aliphatic hydroxyl groups is 1. The summed E-state index contributed by atoms with van der Waals surface area (Å²) in [5, 5.41) is 15.4. The molecule has 0 unspecified atom stereocenters. The molecule has 0 aliphatic carbocycles. The van der Waals surface area contributed by atoms with E-state index in [2.05, 4.69) is 32.4 Å². The SMILES string of the molecule is COc1ccc(Nc2ncnc3ccc(NC(=O)C#CCCO)cc23)cc1. The summed E-state index contributed by atoms with van der Waals surface area (Å²) in [5.41, 5.74) is 2.17. The zero-order valence-corrected chi connectivity index (χ0v) is 14.7. The predicted molar refractivity (Wildman–Crippen MR) is 104 cm³/mol. The number of nitrogens with one attached hydrogen (secondary N) is 2. The maximum atomic E-state index is 11.8. The molecular formula is C20H18N4O3. The van der Waals surface area contributed by atoms with Gasteiger partial charge in [0.2, 0.25) is 0 Å². The fourth-order valence-corrected chi connectivity index (χ4v) is 2.41. The van der Waals surface area contributed by atoms with E-state index in [0.29, 0.717) is 11.5 Å². The third-order valence-electron chi connectivity index (χ3n) is 3.68. The van der Waals surface area contributed by atoms with Crippen molar-refractivity contribution in [2.45, 2.75) is 6.42 Å². The van der Waals surface area contributed by atoms with Gasteiger partial charge in [0.15, 0.2) is 0 Å². The fraction of sp³-hybridized carbons (Fsp3) is 0.150. The van der Waals surface area contributed by atoms with Crippen LogP contribution in [-0.4, -0.2) is 34.7 Å². The van der Waals surface area contributed by atoms with Crippen LogP contribution in [0, 0.1) is 11.8 Å². The molecule has 3 N–H and O–H groups in total. The van der Waals surface area contributed by atoms with Gasteiger partial charge in [0.05, 0.1) is 19.2 Å². The highest BCUT2D eigenvalue weighted by molar-refractivity contribution is 6.05. The Bertz CT molecular complexity index is 1010. The molecule has 0 aliphatic heterocycles. The van der Waals surface area contributed by atoms with Gasteiger partial charge < -0.3 is 20.5 Å². The lowest BCUT2D eigenvalue weighted by molar-refractivity contribution is -0.111. The smallest absolute Gasteiger partial charge is 0.300 e. The first-order valence-electron chi connectivity index (χ1n) is 8.26. The Kier molecular flexibility index (Phi) is 5.82. The number of aliphatic hydroxyl groups excluding tert-OH is 1. The summed E-state index contributed by atoms with van der Waals surface area (Å²) in [6.07, 6.45) is 1.74. The van der Waals surface area contributed by atoms with Gasteiger partial charge in [-0.05, 0) is 48.4 Å². The zero-order valence-electron chi connectivity index (χ0n) is 14.7. The summed E-state index contributed by atoms with van der Waals surface area (Å²) in [5.74, 6) is 5.95. The van der Waals surface area contributed by atoms with Crippen LogP contribution < -0.4 is 15.4 Å². The van der Waals surface area contributed by atoms with Crippen molar-refractivity contribution in [2.24, 2.45) is 0 Å². The van der Waals surface area contributed by atoms with Crippen molar-refractivity contribution in [3.8, 4) is 17.6 Å². The van der Waals surface area contributed by atoms with Gasteiger partial charge in [-0.2, -0.15) is 0 Å². The quantitative estimate of drug-likeness (QED) is 0.604. The van der Waals surface area contributed by atoms with Crippen LogP contribution in [0.5, 0.6) is 5.75 Å².